The Balaban J connectivity index is 2.06. The van der Waals surface area contributed by atoms with E-state index in [1.165, 1.54) is 0 Å². The first-order valence-electron chi connectivity index (χ1n) is 6.98. The minimum Gasteiger partial charge on any atom is -0.383 e. The Morgan fingerprint density at radius 3 is 3.00 bits per heavy atom. The third kappa shape index (κ3) is 6.66. The lowest BCUT2D eigenvalue weighted by Gasteiger charge is -2.34. The molecule has 1 aliphatic rings. The highest BCUT2D eigenvalue weighted by Gasteiger charge is 2.20. The summed E-state index contributed by atoms with van der Waals surface area (Å²) in [6.45, 7) is 11.1. The average molecular weight is 259 g/mol. The lowest BCUT2D eigenvalue weighted by Crippen LogP contribution is -2.47. The van der Waals surface area contributed by atoms with Gasteiger partial charge < -0.3 is 19.7 Å². The Morgan fingerprint density at radius 2 is 2.28 bits per heavy atom. The van der Waals surface area contributed by atoms with Crippen LogP contribution in [0.2, 0.25) is 0 Å². The maximum atomic E-state index is 5.80. The molecule has 18 heavy (non-hydrogen) atoms. The average Bonchev–Trinajstić information content (AvgIpc) is 2.38. The van der Waals surface area contributed by atoms with Crippen molar-refractivity contribution in [3.05, 3.63) is 0 Å². The van der Waals surface area contributed by atoms with Gasteiger partial charge in [-0.25, -0.2) is 0 Å². The first-order valence-corrected chi connectivity index (χ1v) is 6.98. The summed E-state index contributed by atoms with van der Waals surface area (Å²) in [5.41, 5.74) is 0. The normalized spacial score (nSPS) is 21.7. The van der Waals surface area contributed by atoms with Crippen LogP contribution in [0.15, 0.2) is 0 Å². The summed E-state index contributed by atoms with van der Waals surface area (Å²) in [6.07, 6.45) is 0.364. The minimum absolute atomic E-state index is 0.364. The van der Waals surface area contributed by atoms with Gasteiger partial charge in [0.2, 0.25) is 0 Å². The van der Waals surface area contributed by atoms with Crippen molar-refractivity contribution in [1.82, 2.24) is 15.1 Å². The van der Waals surface area contributed by atoms with Gasteiger partial charge in [0.25, 0.3) is 0 Å². The lowest BCUT2D eigenvalue weighted by atomic mass is 10.2. The molecule has 0 aromatic carbocycles. The van der Waals surface area contributed by atoms with Gasteiger partial charge in [0, 0.05) is 46.4 Å². The molecule has 0 saturated carbocycles. The first-order chi connectivity index (χ1) is 8.76. The standard InChI is InChI=1S/C13H29N3O2/c1-4-16-8-10-18-13(12-16)11-15(2)7-5-14-6-9-17-3/h13-14H,4-12H2,1-3H3. The van der Waals surface area contributed by atoms with Gasteiger partial charge in [-0.05, 0) is 13.6 Å². The van der Waals surface area contributed by atoms with Gasteiger partial charge in [0.05, 0.1) is 19.3 Å². The Bertz CT molecular complexity index is 205. The first kappa shape index (κ1) is 15.9. The topological polar surface area (TPSA) is 37.0 Å². The summed E-state index contributed by atoms with van der Waals surface area (Å²) >= 11 is 0. The Labute approximate surface area is 111 Å². The van der Waals surface area contributed by atoms with Crippen LogP contribution in [0.5, 0.6) is 0 Å². The summed E-state index contributed by atoms with van der Waals surface area (Å²) < 4.78 is 10.8. The van der Waals surface area contributed by atoms with Crippen molar-refractivity contribution in [2.24, 2.45) is 0 Å². The quantitative estimate of drug-likeness (QED) is 0.584. The summed E-state index contributed by atoms with van der Waals surface area (Å²) in [5, 5.41) is 3.36. The highest BCUT2D eigenvalue weighted by molar-refractivity contribution is 4.73. The predicted octanol–water partition coefficient (Wildman–Crippen LogP) is -0.125. The van der Waals surface area contributed by atoms with Gasteiger partial charge in [-0.2, -0.15) is 0 Å². The third-order valence-corrected chi connectivity index (χ3v) is 3.34. The van der Waals surface area contributed by atoms with Crippen molar-refractivity contribution in [3.8, 4) is 0 Å². The largest absolute Gasteiger partial charge is 0.383 e. The second kappa shape index (κ2) is 9.69. The fourth-order valence-electron chi connectivity index (χ4n) is 2.19. The molecule has 1 fully saturated rings. The fourth-order valence-corrected chi connectivity index (χ4v) is 2.19. The van der Waals surface area contributed by atoms with Gasteiger partial charge in [-0.3, -0.25) is 4.90 Å². The second-order valence-corrected chi connectivity index (χ2v) is 4.89. The van der Waals surface area contributed by atoms with Gasteiger partial charge in [0.15, 0.2) is 0 Å². The zero-order valence-electron chi connectivity index (χ0n) is 12.2. The molecule has 1 aliphatic heterocycles. The lowest BCUT2D eigenvalue weighted by molar-refractivity contribution is -0.0387. The zero-order chi connectivity index (χ0) is 13.2. The molecule has 0 spiro atoms. The van der Waals surface area contributed by atoms with Crippen molar-refractivity contribution in [2.75, 3.05) is 73.2 Å². The number of morpholine rings is 1. The van der Waals surface area contributed by atoms with E-state index in [-0.39, 0.29) is 0 Å². The molecular weight excluding hydrogens is 230 g/mol. The van der Waals surface area contributed by atoms with Crippen LogP contribution in [0.1, 0.15) is 6.92 Å². The van der Waals surface area contributed by atoms with E-state index in [1.54, 1.807) is 7.11 Å². The van der Waals surface area contributed by atoms with Crippen LogP contribution in [0.3, 0.4) is 0 Å². The minimum atomic E-state index is 0.364. The van der Waals surface area contributed by atoms with Gasteiger partial charge in [0.1, 0.15) is 0 Å². The molecule has 5 nitrogen and oxygen atoms in total. The molecule has 5 heteroatoms. The van der Waals surface area contributed by atoms with Crippen molar-refractivity contribution >= 4 is 0 Å². The van der Waals surface area contributed by atoms with Crippen LogP contribution >= 0.6 is 0 Å². The molecule has 1 N–H and O–H groups in total. The number of nitrogens with zero attached hydrogens (tertiary/aromatic N) is 2. The molecule has 0 aromatic heterocycles. The maximum Gasteiger partial charge on any atom is 0.0829 e. The van der Waals surface area contributed by atoms with Crippen molar-refractivity contribution < 1.29 is 9.47 Å². The van der Waals surface area contributed by atoms with Crippen LogP contribution < -0.4 is 5.32 Å². The SMILES string of the molecule is CCN1CCOC(CN(C)CCNCCOC)C1. The number of likely N-dealkylation sites (N-methyl/N-ethyl adjacent to an activating group) is 2. The molecule has 0 aliphatic carbocycles. The third-order valence-electron chi connectivity index (χ3n) is 3.34. The number of hydrogen-bond acceptors (Lipinski definition) is 5. The van der Waals surface area contributed by atoms with E-state index >= 15 is 0 Å². The molecular formula is C13H29N3O2. The van der Waals surface area contributed by atoms with Crippen molar-refractivity contribution in [2.45, 2.75) is 13.0 Å². The smallest absolute Gasteiger partial charge is 0.0829 e. The number of hydrogen-bond donors (Lipinski definition) is 1. The molecule has 1 rings (SSSR count). The highest BCUT2D eigenvalue weighted by atomic mass is 16.5. The molecule has 1 heterocycles. The molecule has 0 bridgehead atoms. The van der Waals surface area contributed by atoms with E-state index in [9.17, 15) is 0 Å². The predicted molar refractivity (Wildman–Crippen MR) is 74.1 cm³/mol. The zero-order valence-corrected chi connectivity index (χ0v) is 12.2. The molecule has 1 atom stereocenters. The van der Waals surface area contributed by atoms with Crippen LogP contribution in [0.4, 0.5) is 0 Å². The summed E-state index contributed by atoms with van der Waals surface area (Å²) in [5.74, 6) is 0. The van der Waals surface area contributed by atoms with Crippen molar-refractivity contribution in [1.29, 1.82) is 0 Å². The van der Waals surface area contributed by atoms with Crippen LogP contribution in [0.25, 0.3) is 0 Å². The van der Waals surface area contributed by atoms with Crippen LogP contribution in [0, 0.1) is 0 Å². The number of methoxy groups -OCH3 is 1. The Kier molecular flexibility index (Phi) is 8.54. The van der Waals surface area contributed by atoms with Crippen LogP contribution in [-0.2, 0) is 9.47 Å². The number of nitrogens with one attached hydrogen (secondary N) is 1. The number of rotatable bonds is 9. The fraction of sp³-hybridized carbons (Fsp3) is 1.00. The van der Waals surface area contributed by atoms with E-state index in [0.717, 1.165) is 59.0 Å². The maximum absolute atomic E-state index is 5.80. The summed E-state index contributed by atoms with van der Waals surface area (Å²) in [4.78, 5) is 4.79. The van der Waals surface area contributed by atoms with Crippen molar-refractivity contribution in [3.63, 3.8) is 0 Å². The van der Waals surface area contributed by atoms with E-state index in [0.29, 0.717) is 6.10 Å². The van der Waals surface area contributed by atoms with Gasteiger partial charge in [-0.15, -0.1) is 0 Å². The summed E-state index contributed by atoms with van der Waals surface area (Å²) in [7, 11) is 3.89. The Hall–Kier alpha value is -0.200. The highest BCUT2D eigenvalue weighted by Crippen LogP contribution is 2.05. The molecule has 0 aromatic rings. The Morgan fingerprint density at radius 1 is 1.44 bits per heavy atom. The monoisotopic (exact) mass is 259 g/mol. The van der Waals surface area contributed by atoms with Gasteiger partial charge in [-0.1, -0.05) is 6.92 Å². The van der Waals surface area contributed by atoms with Gasteiger partial charge >= 0.3 is 0 Å². The van der Waals surface area contributed by atoms with E-state index < -0.39 is 0 Å². The number of ether oxygens (including phenoxy) is 2. The second-order valence-electron chi connectivity index (χ2n) is 4.89. The van der Waals surface area contributed by atoms with E-state index in [2.05, 4.69) is 29.1 Å². The van der Waals surface area contributed by atoms with E-state index in [4.69, 9.17) is 9.47 Å². The molecule has 108 valence electrons. The molecule has 0 amide bonds. The van der Waals surface area contributed by atoms with E-state index in [1.807, 2.05) is 0 Å². The van der Waals surface area contributed by atoms with Crippen LogP contribution in [-0.4, -0.2) is 89.1 Å². The summed E-state index contributed by atoms with van der Waals surface area (Å²) in [6, 6.07) is 0. The molecule has 1 unspecified atom stereocenters. The molecule has 1 saturated heterocycles. The molecule has 0 radical (unpaired) electrons.